The van der Waals surface area contributed by atoms with E-state index in [2.05, 4.69) is 63.3 Å². The summed E-state index contributed by atoms with van der Waals surface area (Å²) < 4.78 is 0. The predicted molar refractivity (Wildman–Crippen MR) is 83.5 cm³/mol. The Kier molecular flexibility index (Phi) is 4.67. The van der Waals surface area contributed by atoms with E-state index in [1.807, 2.05) is 0 Å². The van der Waals surface area contributed by atoms with Gasteiger partial charge in [-0.2, -0.15) is 0 Å². The van der Waals surface area contributed by atoms with Crippen LogP contribution in [0.1, 0.15) is 58.9 Å². The maximum Gasteiger partial charge on any atom is 0.0102 e. The molecule has 1 fully saturated rings. The Morgan fingerprint density at radius 3 is 2.58 bits per heavy atom. The fourth-order valence-corrected chi connectivity index (χ4v) is 3.34. The Bertz CT molecular complexity index is 382. The number of nitrogens with one attached hydrogen (secondary N) is 1. The molecule has 2 rings (SSSR count). The first-order valence-electron chi connectivity index (χ1n) is 7.84. The Morgan fingerprint density at radius 1 is 1.26 bits per heavy atom. The van der Waals surface area contributed by atoms with Crippen LogP contribution in [0.15, 0.2) is 30.3 Å². The maximum atomic E-state index is 3.81. The molecule has 1 aromatic rings. The van der Waals surface area contributed by atoms with Crippen LogP contribution in [0.25, 0.3) is 0 Å². The first-order valence-corrected chi connectivity index (χ1v) is 7.84. The van der Waals surface area contributed by atoms with Gasteiger partial charge in [0.2, 0.25) is 0 Å². The molecule has 1 N–H and O–H groups in total. The van der Waals surface area contributed by atoms with Crippen molar-refractivity contribution in [1.82, 2.24) is 5.32 Å². The molecule has 1 heteroatoms. The molecule has 0 aliphatic heterocycles. The summed E-state index contributed by atoms with van der Waals surface area (Å²) in [5.74, 6) is 0.951. The van der Waals surface area contributed by atoms with Gasteiger partial charge in [0.05, 0.1) is 0 Å². The Balaban J connectivity index is 1.83. The van der Waals surface area contributed by atoms with Crippen LogP contribution in [0.5, 0.6) is 0 Å². The van der Waals surface area contributed by atoms with E-state index < -0.39 is 0 Å². The predicted octanol–water partition coefficient (Wildman–Crippen LogP) is 4.52. The lowest BCUT2D eigenvalue weighted by molar-refractivity contribution is 0.381. The zero-order valence-corrected chi connectivity index (χ0v) is 12.9. The summed E-state index contributed by atoms with van der Waals surface area (Å²) in [6, 6.07) is 12.3. The summed E-state index contributed by atoms with van der Waals surface area (Å²) in [5, 5.41) is 3.81. The van der Waals surface area contributed by atoms with Gasteiger partial charge in [0, 0.05) is 12.1 Å². The molecule has 3 unspecified atom stereocenters. The van der Waals surface area contributed by atoms with Gasteiger partial charge in [-0.3, -0.25) is 0 Å². The molecule has 0 amide bonds. The van der Waals surface area contributed by atoms with Crippen LogP contribution < -0.4 is 5.32 Å². The van der Waals surface area contributed by atoms with Crippen LogP contribution in [-0.2, 0) is 5.41 Å². The molecule has 1 aliphatic carbocycles. The van der Waals surface area contributed by atoms with Crippen LogP contribution in [-0.4, -0.2) is 12.1 Å². The third-order valence-corrected chi connectivity index (χ3v) is 4.45. The van der Waals surface area contributed by atoms with E-state index in [4.69, 9.17) is 0 Å². The smallest absolute Gasteiger partial charge is 0.0102 e. The second kappa shape index (κ2) is 6.09. The standard InChI is InChI=1S/C18H29N/c1-5-9-15-12-17(15)19-14(2)13-18(3,4)16-10-7-6-8-11-16/h6-8,10-11,14-15,17,19H,5,9,12-13H2,1-4H3. The van der Waals surface area contributed by atoms with Gasteiger partial charge >= 0.3 is 0 Å². The highest BCUT2D eigenvalue weighted by molar-refractivity contribution is 5.23. The van der Waals surface area contributed by atoms with Crippen molar-refractivity contribution in [3.05, 3.63) is 35.9 Å². The molecule has 0 bridgehead atoms. The normalized spacial score (nSPS) is 24.2. The van der Waals surface area contributed by atoms with Crippen molar-refractivity contribution in [2.75, 3.05) is 0 Å². The molecule has 106 valence electrons. The molecule has 19 heavy (non-hydrogen) atoms. The van der Waals surface area contributed by atoms with Gasteiger partial charge in [-0.1, -0.05) is 57.5 Å². The van der Waals surface area contributed by atoms with Crippen molar-refractivity contribution >= 4 is 0 Å². The van der Waals surface area contributed by atoms with Crippen LogP contribution in [0.3, 0.4) is 0 Å². The van der Waals surface area contributed by atoms with Gasteiger partial charge < -0.3 is 5.32 Å². The van der Waals surface area contributed by atoms with Crippen molar-refractivity contribution in [2.24, 2.45) is 5.92 Å². The average molecular weight is 259 g/mol. The molecule has 0 aromatic heterocycles. The van der Waals surface area contributed by atoms with Crippen molar-refractivity contribution in [2.45, 2.75) is 70.9 Å². The largest absolute Gasteiger partial charge is 0.311 e. The Morgan fingerprint density at radius 2 is 1.95 bits per heavy atom. The van der Waals surface area contributed by atoms with Gasteiger partial charge in [-0.25, -0.2) is 0 Å². The summed E-state index contributed by atoms with van der Waals surface area (Å²) in [6.45, 7) is 9.34. The lowest BCUT2D eigenvalue weighted by atomic mass is 9.79. The summed E-state index contributed by atoms with van der Waals surface area (Å²) in [7, 11) is 0. The molecule has 0 heterocycles. The topological polar surface area (TPSA) is 12.0 Å². The van der Waals surface area contributed by atoms with Crippen molar-refractivity contribution in [3.8, 4) is 0 Å². The quantitative estimate of drug-likeness (QED) is 0.759. The van der Waals surface area contributed by atoms with Crippen LogP contribution in [0.4, 0.5) is 0 Å². The highest BCUT2D eigenvalue weighted by atomic mass is 15.0. The number of hydrogen-bond acceptors (Lipinski definition) is 1. The average Bonchev–Trinajstić information content (AvgIpc) is 3.08. The monoisotopic (exact) mass is 259 g/mol. The van der Waals surface area contributed by atoms with E-state index in [0.29, 0.717) is 6.04 Å². The zero-order chi connectivity index (χ0) is 13.9. The summed E-state index contributed by atoms with van der Waals surface area (Å²) >= 11 is 0. The highest BCUT2D eigenvalue weighted by Gasteiger charge is 2.37. The first kappa shape index (κ1) is 14.6. The molecular weight excluding hydrogens is 230 g/mol. The van der Waals surface area contributed by atoms with E-state index >= 15 is 0 Å². The fraction of sp³-hybridized carbons (Fsp3) is 0.667. The molecule has 0 radical (unpaired) electrons. The van der Waals surface area contributed by atoms with Crippen LogP contribution >= 0.6 is 0 Å². The minimum Gasteiger partial charge on any atom is -0.311 e. The first-order chi connectivity index (χ1) is 9.03. The van der Waals surface area contributed by atoms with E-state index in [9.17, 15) is 0 Å². The van der Waals surface area contributed by atoms with E-state index in [1.165, 1.54) is 31.2 Å². The molecule has 1 nitrogen and oxygen atoms in total. The molecular formula is C18H29N. The van der Waals surface area contributed by atoms with E-state index in [0.717, 1.165) is 12.0 Å². The molecule has 1 saturated carbocycles. The van der Waals surface area contributed by atoms with Crippen molar-refractivity contribution in [1.29, 1.82) is 0 Å². The fourth-order valence-electron chi connectivity index (χ4n) is 3.34. The molecule has 3 atom stereocenters. The second-order valence-electron chi connectivity index (χ2n) is 6.91. The third-order valence-electron chi connectivity index (χ3n) is 4.45. The van der Waals surface area contributed by atoms with Crippen molar-refractivity contribution in [3.63, 3.8) is 0 Å². The SMILES string of the molecule is CCCC1CC1NC(C)CC(C)(C)c1ccccc1. The number of rotatable bonds is 7. The molecule has 0 spiro atoms. The van der Waals surface area contributed by atoms with Gasteiger partial charge in [0.25, 0.3) is 0 Å². The summed E-state index contributed by atoms with van der Waals surface area (Å²) in [6.07, 6.45) is 5.31. The summed E-state index contributed by atoms with van der Waals surface area (Å²) in [4.78, 5) is 0. The lowest BCUT2D eigenvalue weighted by Gasteiger charge is -2.29. The Hall–Kier alpha value is -0.820. The van der Waals surface area contributed by atoms with E-state index in [-0.39, 0.29) is 5.41 Å². The number of hydrogen-bond donors (Lipinski definition) is 1. The lowest BCUT2D eigenvalue weighted by Crippen LogP contribution is -2.35. The minimum atomic E-state index is 0.253. The van der Waals surface area contributed by atoms with Crippen LogP contribution in [0.2, 0.25) is 0 Å². The van der Waals surface area contributed by atoms with Gasteiger partial charge in [-0.15, -0.1) is 0 Å². The second-order valence-corrected chi connectivity index (χ2v) is 6.91. The molecule has 1 aliphatic rings. The van der Waals surface area contributed by atoms with Gasteiger partial charge in [0.1, 0.15) is 0 Å². The van der Waals surface area contributed by atoms with Gasteiger partial charge in [0.15, 0.2) is 0 Å². The minimum absolute atomic E-state index is 0.253. The molecule has 0 saturated heterocycles. The summed E-state index contributed by atoms with van der Waals surface area (Å²) in [5.41, 5.74) is 1.70. The molecule has 1 aromatic carbocycles. The van der Waals surface area contributed by atoms with Crippen molar-refractivity contribution < 1.29 is 0 Å². The highest BCUT2D eigenvalue weighted by Crippen LogP contribution is 2.36. The van der Waals surface area contributed by atoms with Gasteiger partial charge in [-0.05, 0) is 43.1 Å². The third kappa shape index (κ3) is 4.07. The maximum absolute atomic E-state index is 3.81. The Labute approximate surface area is 118 Å². The van der Waals surface area contributed by atoms with Crippen LogP contribution in [0, 0.1) is 5.92 Å². The number of benzene rings is 1. The van der Waals surface area contributed by atoms with E-state index in [1.54, 1.807) is 0 Å². The zero-order valence-electron chi connectivity index (χ0n) is 12.9.